The number of rotatable bonds is 9. The molecule has 3 heteroatoms. The van der Waals surface area contributed by atoms with Crippen LogP contribution in [0.5, 0.6) is 0 Å². The molecule has 104 valence electrons. The second-order valence-electron chi connectivity index (χ2n) is 4.49. The molecule has 3 nitrogen and oxygen atoms in total. The van der Waals surface area contributed by atoms with E-state index in [1.165, 1.54) is 11.6 Å². The van der Waals surface area contributed by atoms with E-state index in [2.05, 4.69) is 30.5 Å². The van der Waals surface area contributed by atoms with Crippen LogP contribution >= 0.6 is 0 Å². The Balaban J connectivity index is 2.42. The van der Waals surface area contributed by atoms with Crippen LogP contribution in [0.2, 0.25) is 0 Å². The van der Waals surface area contributed by atoms with Gasteiger partial charge in [-0.25, -0.2) is 4.79 Å². The summed E-state index contributed by atoms with van der Waals surface area (Å²) in [6.07, 6.45) is 3.52. The maximum Gasteiger partial charge on any atom is 0.330 e. The predicted molar refractivity (Wildman–Crippen MR) is 77.8 cm³/mol. The molecule has 0 atom stereocenters. The number of carbonyl (C=O) groups is 1. The van der Waals surface area contributed by atoms with Crippen molar-refractivity contribution in [3.05, 3.63) is 48.6 Å². The van der Waals surface area contributed by atoms with Crippen molar-refractivity contribution in [2.45, 2.75) is 26.3 Å². The Morgan fingerprint density at radius 2 is 2.05 bits per heavy atom. The summed E-state index contributed by atoms with van der Waals surface area (Å²) in [7, 11) is 0. The van der Waals surface area contributed by atoms with Crippen LogP contribution in [0, 0.1) is 0 Å². The molecule has 1 aromatic carbocycles. The molecule has 0 N–H and O–H groups in total. The van der Waals surface area contributed by atoms with Gasteiger partial charge in [-0.3, -0.25) is 4.90 Å². The van der Waals surface area contributed by atoms with Gasteiger partial charge in [0.15, 0.2) is 0 Å². The number of ether oxygens (including phenoxy) is 1. The Morgan fingerprint density at radius 3 is 2.68 bits per heavy atom. The standard InChI is InChI=1S/C16H23NO2/c1-3-5-11-17(12-13-19-16(18)4-2)14-15-9-7-6-8-10-15/h4,6-10H,2-3,5,11-14H2,1H3. The van der Waals surface area contributed by atoms with E-state index < -0.39 is 0 Å². The fourth-order valence-corrected chi connectivity index (χ4v) is 1.83. The SMILES string of the molecule is C=CC(=O)OCCN(CCCC)Cc1ccccc1. The summed E-state index contributed by atoms with van der Waals surface area (Å²) in [5.74, 6) is -0.352. The minimum Gasteiger partial charge on any atom is -0.461 e. The smallest absolute Gasteiger partial charge is 0.330 e. The topological polar surface area (TPSA) is 29.5 Å². The van der Waals surface area contributed by atoms with Gasteiger partial charge in [0.25, 0.3) is 0 Å². The van der Waals surface area contributed by atoms with Crippen molar-refractivity contribution in [3.63, 3.8) is 0 Å². The third kappa shape index (κ3) is 6.77. The van der Waals surface area contributed by atoms with E-state index in [-0.39, 0.29) is 5.97 Å². The summed E-state index contributed by atoms with van der Waals surface area (Å²) in [5.41, 5.74) is 1.29. The Kier molecular flexibility index (Phi) is 7.59. The van der Waals surface area contributed by atoms with Crippen molar-refractivity contribution in [3.8, 4) is 0 Å². The number of nitrogens with zero attached hydrogens (tertiary/aromatic N) is 1. The van der Waals surface area contributed by atoms with E-state index in [4.69, 9.17) is 4.74 Å². The van der Waals surface area contributed by atoms with Crippen molar-refractivity contribution in [2.75, 3.05) is 19.7 Å². The molecule has 0 amide bonds. The molecule has 1 rings (SSSR count). The van der Waals surface area contributed by atoms with Crippen LogP contribution in [0.1, 0.15) is 25.3 Å². The van der Waals surface area contributed by atoms with Crippen molar-refractivity contribution < 1.29 is 9.53 Å². The molecule has 0 unspecified atom stereocenters. The summed E-state index contributed by atoms with van der Waals surface area (Å²) in [6.45, 7) is 8.66. The summed E-state index contributed by atoms with van der Waals surface area (Å²) in [4.78, 5) is 13.3. The zero-order valence-corrected chi connectivity index (χ0v) is 11.7. The maximum absolute atomic E-state index is 11.0. The molecule has 0 spiro atoms. The van der Waals surface area contributed by atoms with E-state index in [9.17, 15) is 4.79 Å². The highest BCUT2D eigenvalue weighted by molar-refractivity contribution is 5.81. The Bertz CT molecular complexity index is 376. The van der Waals surface area contributed by atoms with Crippen LogP contribution in [-0.4, -0.2) is 30.6 Å². The predicted octanol–water partition coefficient (Wildman–Crippen LogP) is 3.02. The molecule has 0 aromatic heterocycles. The molecular formula is C16H23NO2. The molecule has 0 saturated heterocycles. The lowest BCUT2D eigenvalue weighted by molar-refractivity contribution is -0.138. The van der Waals surface area contributed by atoms with Gasteiger partial charge in [0.2, 0.25) is 0 Å². The summed E-state index contributed by atoms with van der Waals surface area (Å²) in [5, 5.41) is 0. The van der Waals surface area contributed by atoms with Gasteiger partial charge in [-0.1, -0.05) is 50.3 Å². The fraction of sp³-hybridized carbons (Fsp3) is 0.438. The monoisotopic (exact) mass is 261 g/mol. The van der Waals surface area contributed by atoms with Crippen LogP contribution in [0.3, 0.4) is 0 Å². The highest BCUT2D eigenvalue weighted by atomic mass is 16.5. The third-order valence-electron chi connectivity index (χ3n) is 2.90. The van der Waals surface area contributed by atoms with E-state index in [1.54, 1.807) is 0 Å². The Morgan fingerprint density at radius 1 is 1.32 bits per heavy atom. The van der Waals surface area contributed by atoms with E-state index in [1.807, 2.05) is 18.2 Å². The van der Waals surface area contributed by atoms with Crippen molar-refractivity contribution in [1.29, 1.82) is 0 Å². The molecule has 0 aliphatic heterocycles. The van der Waals surface area contributed by atoms with Crippen LogP contribution in [0.15, 0.2) is 43.0 Å². The first kappa shape index (κ1) is 15.4. The van der Waals surface area contributed by atoms with E-state index >= 15 is 0 Å². The maximum atomic E-state index is 11.0. The van der Waals surface area contributed by atoms with Crippen LogP contribution in [-0.2, 0) is 16.1 Å². The first-order valence-corrected chi connectivity index (χ1v) is 6.81. The molecule has 0 bridgehead atoms. The number of hydrogen-bond acceptors (Lipinski definition) is 3. The number of hydrogen-bond donors (Lipinski definition) is 0. The van der Waals surface area contributed by atoms with Crippen LogP contribution in [0.4, 0.5) is 0 Å². The minimum atomic E-state index is -0.352. The van der Waals surface area contributed by atoms with Gasteiger partial charge < -0.3 is 4.74 Å². The van der Waals surface area contributed by atoms with Gasteiger partial charge in [-0.05, 0) is 18.5 Å². The van der Waals surface area contributed by atoms with Gasteiger partial charge in [0, 0.05) is 19.2 Å². The molecule has 0 aliphatic carbocycles. The van der Waals surface area contributed by atoms with Gasteiger partial charge >= 0.3 is 5.97 Å². The van der Waals surface area contributed by atoms with Crippen molar-refractivity contribution in [2.24, 2.45) is 0 Å². The first-order valence-electron chi connectivity index (χ1n) is 6.81. The quantitative estimate of drug-likeness (QED) is 0.505. The van der Waals surface area contributed by atoms with E-state index in [0.29, 0.717) is 6.61 Å². The number of carbonyl (C=O) groups excluding carboxylic acids is 1. The van der Waals surface area contributed by atoms with Crippen LogP contribution in [0.25, 0.3) is 0 Å². The number of benzene rings is 1. The average molecular weight is 261 g/mol. The van der Waals surface area contributed by atoms with Gasteiger partial charge in [-0.2, -0.15) is 0 Å². The highest BCUT2D eigenvalue weighted by Gasteiger charge is 2.06. The largest absolute Gasteiger partial charge is 0.461 e. The molecule has 19 heavy (non-hydrogen) atoms. The second-order valence-corrected chi connectivity index (χ2v) is 4.49. The molecule has 0 heterocycles. The average Bonchev–Trinajstić information content (AvgIpc) is 2.45. The van der Waals surface area contributed by atoms with Crippen LogP contribution < -0.4 is 0 Å². The lowest BCUT2D eigenvalue weighted by Crippen LogP contribution is -2.28. The first-order chi connectivity index (χ1) is 9.26. The molecule has 1 aromatic rings. The fourth-order valence-electron chi connectivity index (χ4n) is 1.83. The summed E-state index contributed by atoms with van der Waals surface area (Å²) in [6, 6.07) is 10.4. The van der Waals surface area contributed by atoms with Gasteiger partial charge in [0.1, 0.15) is 6.61 Å². The molecule has 0 aliphatic rings. The Hall–Kier alpha value is -1.61. The molecule has 0 fully saturated rings. The summed E-state index contributed by atoms with van der Waals surface area (Å²) >= 11 is 0. The summed E-state index contributed by atoms with van der Waals surface area (Å²) < 4.78 is 5.04. The molecular weight excluding hydrogens is 238 g/mol. The second kappa shape index (κ2) is 9.34. The van der Waals surface area contributed by atoms with Crippen molar-refractivity contribution >= 4 is 5.97 Å². The lowest BCUT2D eigenvalue weighted by Gasteiger charge is -2.21. The van der Waals surface area contributed by atoms with E-state index in [0.717, 1.165) is 32.5 Å². The number of esters is 1. The highest BCUT2D eigenvalue weighted by Crippen LogP contribution is 2.05. The zero-order valence-electron chi connectivity index (χ0n) is 11.7. The molecule has 0 radical (unpaired) electrons. The normalized spacial score (nSPS) is 10.4. The third-order valence-corrected chi connectivity index (χ3v) is 2.90. The van der Waals surface area contributed by atoms with Gasteiger partial charge in [-0.15, -0.1) is 0 Å². The minimum absolute atomic E-state index is 0.352. The zero-order chi connectivity index (χ0) is 13.9. The van der Waals surface area contributed by atoms with Crippen molar-refractivity contribution in [1.82, 2.24) is 4.90 Å². The Labute approximate surface area is 115 Å². The number of unbranched alkanes of at least 4 members (excludes halogenated alkanes) is 1. The molecule has 0 saturated carbocycles. The lowest BCUT2D eigenvalue weighted by atomic mass is 10.2. The van der Waals surface area contributed by atoms with Gasteiger partial charge in [0.05, 0.1) is 0 Å².